The topological polar surface area (TPSA) is 176 Å². The average molecular weight is 387 g/mol. The number of hydrogen-bond acceptors (Lipinski definition) is 8. The van der Waals surface area contributed by atoms with Gasteiger partial charge in [0.1, 0.15) is 5.69 Å². The molecule has 0 unspecified atom stereocenters. The minimum absolute atomic E-state index is 0.0726. The van der Waals surface area contributed by atoms with Crippen molar-refractivity contribution in [3.05, 3.63) is 43.1 Å². The summed E-state index contributed by atoms with van der Waals surface area (Å²) in [6.07, 6.45) is 0.760. The van der Waals surface area contributed by atoms with Crippen LogP contribution in [0.5, 0.6) is 0 Å². The number of hydrogen-bond donors (Lipinski definition) is 4. The fourth-order valence-electron chi connectivity index (χ4n) is 2.16. The van der Waals surface area contributed by atoms with Gasteiger partial charge in [0.15, 0.2) is 0 Å². The zero-order valence-electron chi connectivity index (χ0n) is 14.1. The molecule has 0 aliphatic rings. The highest BCUT2D eigenvalue weighted by atomic mass is 32.2. The van der Waals surface area contributed by atoms with Crippen LogP contribution in [0, 0.1) is 10.1 Å². The van der Waals surface area contributed by atoms with Crippen LogP contribution in [0.2, 0.25) is 0 Å². The molecule has 1 heterocycles. The molecule has 0 radical (unpaired) electrons. The van der Waals surface area contributed by atoms with Crippen molar-refractivity contribution >= 4 is 32.3 Å². The quantitative estimate of drug-likeness (QED) is 0.371. The van der Waals surface area contributed by atoms with Crippen LogP contribution in [0.3, 0.4) is 0 Å². The van der Waals surface area contributed by atoms with Crippen molar-refractivity contribution < 1.29 is 18.4 Å². The van der Waals surface area contributed by atoms with Gasteiger partial charge in [0.25, 0.3) is 11.2 Å². The van der Waals surface area contributed by atoms with Gasteiger partial charge in [-0.15, -0.1) is 0 Å². The molecule has 0 spiro atoms. The predicted octanol–water partition coefficient (Wildman–Crippen LogP) is -0.716. The van der Waals surface area contributed by atoms with Gasteiger partial charge in [-0.05, 0) is 19.9 Å². The number of anilines is 1. The lowest BCUT2D eigenvalue weighted by molar-refractivity contribution is -0.383. The highest BCUT2D eigenvalue weighted by molar-refractivity contribution is 7.91. The number of H-pyrrole nitrogens is 1. The molecule has 0 bridgehead atoms. The first-order valence-corrected chi connectivity index (χ1v) is 9.08. The van der Waals surface area contributed by atoms with Gasteiger partial charge in [0.2, 0.25) is 10.0 Å². The number of nitro benzene ring substituents is 1. The Morgan fingerprint density at radius 1 is 1.35 bits per heavy atom. The minimum atomic E-state index is -3.92. The van der Waals surface area contributed by atoms with Crippen molar-refractivity contribution in [3.8, 4) is 0 Å². The van der Waals surface area contributed by atoms with Gasteiger partial charge in [-0.1, -0.05) is 0 Å². The molecule has 4 N–H and O–H groups in total. The van der Waals surface area contributed by atoms with E-state index in [1.165, 1.54) is 0 Å². The van der Waals surface area contributed by atoms with Crippen molar-refractivity contribution in [1.82, 2.24) is 9.66 Å². The summed E-state index contributed by atoms with van der Waals surface area (Å²) < 4.78 is 22.9. The van der Waals surface area contributed by atoms with Crippen LogP contribution in [0.25, 0.3) is 10.9 Å². The van der Waals surface area contributed by atoms with E-state index in [0.717, 1.165) is 18.4 Å². The number of aromatic nitrogens is 2. The maximum absolute atomic E-state index is 12.5. The van der Waals surface area contributed by atoms with E-state index >= 15 is 0 Å². The molecule has 0 saturated heterocycles. The Balaban J connectivity index is 2.81. The maximum Gasteiger partial charge on any atom is 0.348 e. The summed E-state index contributed by atoms with van der Waals surface area (Å²) in [6.45, 7) is 2.81. The second-order valence-corrected chi connectivity index (χ2v) is 8.00. The third kappa shape index (κ3) is 4.00. The number of nitrogens with zero attached hydrogens (tertiary/aromatic N) is 2. The van der Waals surface area contributed by atoms with Crippen molar-refractivity contribution in [1.29, 1.82) is 0 Å². The average Bonchev–Trinajstić information content (AvgIpc) is 2.50. The first-order chi connectivity index (χ1) is 11.8. The molecular weight excluding hydrogens is 370 g/mol. The van der Waals surface area contributed by atoms with E-state index in [4.69, 9.17) is 0 Å². The molecule has 0 saturated carbocycles. The number of benzene rings is 1. The molecule has 1 aromatic heterocycles. The van der Waals surface area contributed by atoms with Gasteiger partial charge in [0, 0.05) is 6.07 Å². The van der Waals surface area contributed by atoms with Crippen LogP contribution in [0.4, 0.5) is 11.4 Å². The zero-order chi connectivity index (χ0) is 19.9. The van der Waals surface area contributed by atoms with Crippen LogP contribution < -0.4 is 21.4 Å². The van der Waals surface area contributed by atoms with Crippen molar-refractivity contribution in [2.45, 2.75) is 19.4 Å². The molecule has 0 fully saturated rings. The van der Waals surface area contributed by atoms with E-state index < -0.39 is 37.4 Å². The van der Waals surface area contributed by atoms with Crippen molar-refractivity contribution in [3.63, 3.8) is 0 Å². The molecular formula is C13H17N5O7S. The van der Waals surface area contributed by atoms with Crippen LogP contribution in [-0.4, -0.2) is 46.5 Å². The highest BCUT2D eigenvalue weighted by Gasteiger charge is 2.24. The maximum atomic E-state index is 12.5. The number of nitro groups is 1. The third-order valence-electron chi connectivity index (χ3n) is 3.34. The number of aliphatic hydroxyl groups excluding tert-OH is 1. The van der Waals surface area contributed by atoms with E-state index in [9.17, 15) is 33.2 Å². The Bertz CT molecular complexity index is 1100. The molecule has 0 aliphatic carbocycles. The molecule has 12 nitrogen and oxygen atoms in total. The molecule has 1 aromatic carbocycles. The largest absolute Gasteiger partial charge is 0.394 e. The second kappa shape index (κ2) is 6.42. The lowest BCUT2D eigenvalue weighted by Crippen LogP contribution is -2.43. The molecule has 0 aliphatic heterocycles. The Morgan fingerprint density at radius 3 is 2.46 bits per heavy atom. The van der Waals surface area contributed by atoms with Crippen LogP contribution in [0.1, 0.15) is 13.8 Å². The van der Waals surface area contributed by atoms with E-state index in [1.807, 2.05) is 0 Å². The van der Waals surface area contributed by atoms with E-state index in [-0.39, 0.29) is 27.9 Å². The zero-order valence-corrected chi connectivity index (χ0v) is 14.9. The Labute approximate surface area is 146 Å². The highest BCUT2D eigenvalue weighted by Crippen LogP contribution is 2.30. The molecule has 13 heteroatoms. The normalized spacial score (nSPS) is 12.2. The fraction of sp³-hybridized carbons (Fsp3) is 0.385. The van der Waals surface area contributed by atoms with Gasteiger partial charge < -0.3 is 15.4 Å². The standard InChI is InChI=1S/C13H17N5O7S/c1-13(2,6-19)15-9-4-7-8(5-10(9)18(22)23)14-12(21)17(11(7)20)16-26(3,24)25/h4-5,15-16,19H,6H2,1-3H3,(H,14,21). The van der Waals surface area contributed by atoms with Gasteiger partial charge in [0.05, 0.1) is 34.2 Å². The van der Waals surface area contributed by atoms with E-state index in [1.54, 1.807) is 18.7 Å². The number of aromatic amines is 1. The van der Waals surface area contributed by atoms with Gasteiger partial charge in [-0.25, -0.2) is 18.0 Å². The summed E-state index contributed by atoms with van der Waals surface area (Å²) in [5.74, 6) is 0. The van der Waals surface area contributed by atoms with Gasteiger partial charge in [-0.2, -0.15) is 4.68 Å². The Hall–Kier alpha value is -2.93. The summed E-state index contributed by atoms with van der Waals surface area (Å²) >= 11 is 0. The molecule has 26 heavy (non-hydrogen) atoms. The number of nitrogens with one attached hydrogen (secondary N) is 3. The molecule has 0 amide bonds. The lowest BCUT2D eigenvalue weighted by Gasteiger charge is -2.24. The monoisotopic (exact) mass is 387 g/mol. The Morgan fingerprint density at radius 2 is 1.96 bits per heavy atom. The smallest absolute Gasteiger partial charge is 0.348 e. The summed E-state index contributed by atoms with van der Waals surface area (Å²) in [7, 11) is -3.92. The summed E-state index contributed by atoms with van der Waals surface area (Å²) in [5.41, 5.74) is -3.68. The summed E-state index contributed by atoms with van der Waals surface area (Å²) in [4.78, 5) is 39.0. The van der Waals surface area contributed by atoms with Crippen LogP contribution >= 0.6 is 0 Å². The van der Waals surface area contributed by atoms with Crippen molar-refractivity contribution in [2.24, 2.45) is 0 Å². The van der Waals surface area contributed by atoms with Crippen LogP contribution in [0.15, 0.2) is 21.7 Å². The minimum Gasteiger partial charge on any atom is -0.394 e. The third-order valence-corrected chi connectivity index (χ3v) is 3.85. The SMILES string of the molecule is CC(C)(CO)Nc1cc2c(=O)n(NS(C)(=O)=O)c(=O)[nH]c2cc1[N+](=O)[O-]. The number of aliphatic hydroxyl groups is 1. The summed E-state index contributed by atoms with van der Waals surface area (Å²) in [6, 6.07) is 2.10. The number of rotatable bonds is 6. The van der Waals surface area contributed by atoms with E-state index in [0.29, 0.717) is 0 Å². The summed E-state index contributed by atoms with van der Waals surface area (Å²) in [5, 5.41) is 23.2. The first kappa shape index (κ1) is 19.4. The van der Waals surface area contributed by atoms with E-state index in [2.05, 4.69) is 10.3 Å². The lowest BCUT2D eigenvalue weighted by atomic mass is 10.1. The number of fused-ring (bicyclic) bond motifs is 1. The molecule has 142 valence electrons. The van der Waals surface area contributed by atoms with Crippen molar-refractivity contribution in [2.75, 3.05) is 23.0 Å². The van der Waals surface area contributed by atoms with Gasteiger partial charge >= 0.3 is 5.69 Å². The Kier molecular flexibility index (Phi) is 4.79. The number of sulfonamides is 1. The fourth-order valence-corrected chi connectivity index (χ4v) is 2.65. The van der Waals surface area contributed by atoms with Crippen LogP contribution in [-0.2, 0) is 10.0 Å². The molecule has 2 aromatic rings. The molecule has 2 rings (SSSR count). The van der Waals surface area contributed by atoms with Gasteiger partial charge in [-0.3, -0.25) is 14.9 Å². The molecule has 0 atom stereocenters. The second-order valence-electron chi connectivity index (χ2n) is 6.27. The first-order valence-electron chi connectivity index (χ1n) is 7.19. The predicted molar refractivity (Wildman–Crippen MR) is 94.5 cm³/mol.